The molecule has 2 aromatic rings. The van der Waals surface area contributed by atoms with E-state index in [1.807, 2.05) is 0 Å². The highest BCUT2D eigenvalue weighted by Crippen LogP contribution is 2.31. The van der Waals surface area contributed by atoms with Gasteiger partial charge < -0.3 is 14.6 Å². The first-order valence-electron chi connectivity index (χ1n) is 10.3. The molecule has 0 bridgehead atoms. The number of carboxylic acid groups (broad SMARTS) is 1. The van der Waals surface area contributed by atoms with E-state index in [0.29, 0.717) is 30.0 Å². The predicted molar refractivity (Wildman–Crippen MR) is 109 cm³/mol. The first-order valence-corrected chi connectivity index (χ1v) is 10.3. The minimum Gasteiger partial charge on any atom is -0.489 e. The fraction of sp³-hybridized carbons (Fsp3) is 0.550. The normalized spacial score (nSPS) is 18.6. The van der Waals surface area contributed by atoms with Crippen LogP contribution in [0, 0.1) is 12.8 Å². The van der Waals surface area contributed by atoms with Gasteiger partial charge in [-0.25, -0.2) is 14.5 Å². The summed E-state index contributed by atoms with van der Waals surface area (Å²) in [7, 11) is 1.49. The zero-order chi connectivity index (χ0) is 24.2. The summed E-state index contributed by atoms with van der Waals surface area (Å²) in [5, 5.41) is 19.4. The maximum atomic E-state index is 12.2. The monoisotopic (exact) mass is 471 g/mol. The Kier molecular flexibility index (Phi) is 7.39. The van der Waals surface area contributed by atoms with Crippen molar-refractivity contribution < 1.29 is 37.3 Å². The number of carbonyl (C=O) groups excluding carboxylic acids is 1. The molecular weight excluding hydrogens is 447 g/mol. The zero-order valence-corrected chi connectivity index (χ0v) is 18.1. The maximum Gasteiger partial charge on any atom is 0.412 e. The number of amides is 1. The van der Waals surface area contributed by atoms with Crippen molar-refractivity contribution in [3.8, 4) is 17.1 Å². The lowest BCUT2D eigenvalue weighted by atomic mass is 9.87. The average molecular weight is 471 g/mol. The third-order valence-corrected chi connectivity index (χ3v) is 5.21. The van der Waals surface area contributed by atoms with Gasteiger partial charge in [0.15, 0.2) is 11.5 Å². The van der Waals surface area contributed by atoms with E-state index in [1.165, 1.54) is 11.7 Å². The molecule has 0 saturated heterocycles. The molecule has 33 heavy (non-hydrogen) atoms. The number of carbonyl (C=O) groups is 2. The molecule has 1 amide bonds. The second kappa shape index (κ2) is 10.0. The molecule has 1 fully saturated rings. The van der Waals surface area contributed by atoms with Crippen molar-refractivity contribution >= 4 is 17.9 Å². The number of alkyl halides is 3. The molecule has 3 rings (SSSR count). The number of pyridine rings is 1. The van der Waals surface area contributed by atoms with Gasteiger partial charge >= 0.3 is 18.2 Å². The summed E-state index contributed by atoms with van der Waals surface area (Å²) in [6.45, 7) is 0.897. The van der Waals surface area contributed by atoms with E-state index >= 15 is 0 Å². The average Bonchev–Trinajstić information content (AvgIpc) is 3.09. The number of aromatic nitrogens is 4. The van der Waals surface area contributed by atoms with Gasteiger partial charge in [0.25, 0.3) is 0 Å². The lowest BCUT2D eigenvalue weighted by Crippen LogP contribution is -2.29. The summed E-state index contributed by atoms with van der Waals surface area (Å²) in [4.78, 5) is 27.6. The molecule has 13 heteroatoms. The Bertz CT molecular complexity index is 1010. The predicted octanol–water partition coefficient (Wildman–Crippen LogP) is 3.71. The van der Waals surface area contributed by atoms with E-state index < -0.39 is 37.2 Å². The number of hydrogen-bond acceptors (Lipinski definition) is 7. The van der Waals surface area contributed by atoms with Gasteiger partial charge in [0, 0.05) is 7.05 Å². The maximum absolute atomic E-state index is 12.2. The smallest absolute Gasteiger partial charge is 0.412 e. The highest BCUT2D eigenvalue weighted by Gasteiger charge is 2.29. The van der Waals surface area contributed by atoms with Crippen molar-refractivity contribution in [2.45, 2.75) is 51.3 Å². The second-order valence-corrected chi connectivity index (χ2v) is 7.76. The molecule has 2 heterocycles. The molecule has 180 valence electrons. The number of rotatable bonds is 7. The quantitative estimate of drug-likeness (QED) is 0.625. The molecule has 0 spiro atoms. The van der Waals surface area contributed by atoms with Gasteiger partial charge in [0.05, 0.1) is 29.8 Å². The largest absolute Gasteiger partial charge is 0.489 e. The molecule has 0 aliphatic heterocycles. The highest BCUT2D eigenvalue weighted by atomic mass is 19.4. The zero-order valence-electron chi connectivity index (χ0n) is 18.1. The molecular formula is C20H24F3N5O5. The summed E-state index contributed by atoms with van der Waals surface area (Å²) in [6, 6.07) is 3.27. The summed E-state index contributed by atoms with van der Waals surface area (Å²) >= 11 is 0. The van der Waals surface area contributed by atoms with Crippen molar-refractivity contribution in [1.29, 1.82) is 0 Å². The Hall–Kier alpha value is -3.38. The van der Waals surface area contributed by atoms with Crippen LogP contribution in [0.25, 0.3) is 11.4 Å². The number of carboxylic acids is 1. The van der Waals surface area contributed by atoms with Gasteiger partial charge in [0.1, 0.15) is 12.4 Å². The van der Waals surface area contributed by atoms with Gasteiger partial charge in [-0.3, -0.25) is 10.1 Å². The second-order valence-electron chi connectivity index (χ2n) is 7.76. The van der Waals surface area contributed by atoms with Crippen molar-refractivity contribution in [2.24, 2.45) is 13.0 Å². The molecule has 1 aliphatic carbocycles. The van der Waals surface area contributed by atoms with Crippen LogP contribution in [0.5, 0.6) is 5.75 Å². The van der Waals surface area contributed by atoms with Crippen molar-refractivity contribution in [3.63, 3.8) is 0 Å². The van der Waals surface area contributed by atoms with Crippen LogP contribution in [0.3, 0.4) is 0 Å². The van der Waals surface area contributed by atoms with E-state index in [0.717, 1.165) is 12.8 Å². The van der Waals surface area contributed by atoms with Crippen LogP contribution in [0.1, 0.15) is 37.8 Å². The Labute approximate surface area is 187 Å². The number of aryl methyl sites for hydroxylation is 2. The van der Waals surface area contributed by atoms with Gasteiger partial charge in [0.2, 0.25) is 0 Å². The molecule has 0 radical (unpaired) electrons. The number of halogens is 3. The lowest BCUT2D eigenvalue weighted by Gasteiger charge is -2.27. The third kappa shape index (κ3) is 6.56. The van der Waals surface area contributed by atoms with Crippen LogP contribution in [0.15, 0.2) is 12.1 Å². The van der Waals surface area contributed by atoms with Crippen LogP contribution < -0.4 is 10.1 Å². The van der Waals surface area contributed by atoms with E-state index in [1.54, 1.807) is 19.1 Å². The fourth-order valence-electron chi connectivity index (χ4n) is 3.52. The number of ether oxygens (including phenoxy) is 2. The van der Waals surface area contributed by atoms with Gasteiger partial charge in [-0.2, -0.15) is 13.2 Å². The highest BCUT2D eigenvalue weighted by molar-refractivity contribution is 5.88. The Balaban J connectivity index is 1.68. The van der Waals surface area contributed by atoms with Crippen molar-refractivity contribution in [3.05, 3.63) is 17.8 Å². The van der Waals surface area contributed by atoms with Crippen molar-refractivity contribution in [2.75, 3.05) is 11.9 Å². The van der Waals surface area contributed by atoms with E-state index in [-0.39, 0.29) is 17.6 Å². The third-order valence-electron chi connectivity index (χ3n) is 5.21. The number of hydrogen-bond donors (Lipinski definition) is 2. The Morgan fingerprint density at radius 2 is 2.06 bits per heavy atom. The van der Waals surface area contributed by atoms with Crippen molar-refractivity contribution in [1.82, 2.24) is 20.0 Å². The van der Waals surface area contributed by atoms with E-state index in [4.69, 9.17) is 4.74 Å². The van der Waals surface area contributed by atoms with Crippen LogP contribution >= 0.6 is 0 Å². The van der Waals surface area contributed by atoms with E-state index in [9.17, 15) is 27.9 Å². The topological polar surface area (TPSA) is 128 Å². The molecule has 2 atom stereocenters. The molecule has 1 aliphatic rings. The minimum atomic E-state index is -4.43. The van der Waals surface area contributed by atoms with E-state index in [2.05, 4.69) is 25.3 Å². The number of nitrogens with one attached hydrogen (secondary N) is 1. The summed E-state index contributed by atoms with van der Waals surface area (Å²) < 4.78 is 48.5. The van der Waals surface area contributed by atoms with Crippen LogP contribution in [0.4, 0.5) is 23.8 Å². The van der Waals surface area contributed by atoms with Gasteiger partial charge in [-0.05, 0) is 44.7 Å². The van der Waals surface area contributed by atoms with Crippen LogP contribution in [-0.4, -0.2) is 56.0 Å². The van der Waals surface area contributed by atoms with Crippen LogP contribution in [0.2, 0.25) is 0 Å². The van der Waals surface area contributed by atoms with Crippen LogP contribution in [-0.2, 0) is 16.6 Å². The first kappa shape index (κ1) is 24.3. The molecule has 0 unspecified atom stereocenters. The summed E-state index contributed by atoms with van der Waals surface area (Å²) in [5.74, 6) is -0.655. The molecule has 1 saturated carbocycles. The minimum absolute atomic E-state index is 0.101. The number of nitrogens with zero attached hydrogens (tertiary/aromatic N) is 4. The van der Waals surface area contributed by atoms with Gasteiger partial charge in [-0.15, -0.1) is 5.10 Å². The molecule has 2 N–H and O–H groups in total. The standard InChI is InChI=1S/C20H24F3N5O5/c1-11-15(33-13-5-3-4-12(10-13)18(29)30)7-6-14(24-11)16-17(28(2)27-26-16)25-19(31)32-9-8-20(21,22)23/h6-7,12-13H,3-5,8-10H2,1-2H3,(H,25,31)(H,29,30)/t12-,13-/m0/s1. The molecule has 10 nitrogen and oxygen atoms in total. The summed E-state index contributed by atoms with van der Waals surface area (Å²) in [6.07, 6.45) is -4.43. The molecule has 0 aromatic carbocycles. The lowest BCUT2D eigenvalue weighted by molar-refractivity contribution is -0.144. The number of anilines is 1. The number of aliphatic carboxylic acids is 1. The van der Waals surface area contributed by atoms with Gasteiger partial charge in [-0.1, -0.05) is 5.21 Å². The summed E-state index contributed by atoms with van der Waals surface area (Å²) in [5.41, 5.74) is 1.07. The Morgan fingerprint density at radius 3 is 2.73 bits per heavy atom. The SMILES string of the molecule is Cc1nc(-c2nnn(C)c2NC(=O)OCCC(F)(F)F)ccc1O[C@H]1CCC[C@H](C(=O)O)C1. The molecule has 2 aromatic heterocycles. The fourth-order valence-corrected chi connectivity index (χ4v) is 3.52. The Morgan fingerprint density at radius 1 is 1.30 bits per heavy atom. The first-order chi connectivity index (χ1) is 15.5.